The molecule has 1 saturated heterocycles. The molecule has 0 bridgehead atoms. The van der Waals surface area contributed by atoms with E-state index in [0.717, 1.165) is 19.4 Å². The van der Waals surface area contributed by atoms with Gasteiger partial charge in [0.15, 0.2) is 0 Å². The lowest BCUT2D eigenvalue weighted by molar-refractivity contribution is -0.124. The first kappa shape index (κ1) is 11.9. The molecule has 0 aromatic carbocycles. The average Bonchev–Trinajstić information content (AvgIpc) is 2.98. The molecule has 1 atom stereocenters. The number of amides is 1. The minimum atomic E-state index is 0.0403. The van der Waals surface area contributed by atoms with Crippen LogP contribution < -0.4 is 10.2 Å². The summed E-state index contributed by atoms with van der Waals surface area (Å²) in [7, 11) is 0. The summed E-state index contributed by atoms with van der Waals surface area (Å²) in [6.45, 7) is 6.06. The average molecular weight is 238 g/mol. The van der Waals surface area contributed by atoms with E-state index in [1.807, 2.05) is 18.7 Å². The largest absolute Gasteiger partial charge is 0.356 e. The van der Waals surface area contributed by atoms with Gasteiger partial charge in [-0.3, -0.25) is 4.79 Å². The van der Waals surface area contributed by atoms with Gasteiger partial charge in [0.25, 0.3) is 5.95 Å². The molecule has 0 radical (unpaired) electrons. The van der Waals surface area contributed by atoms with Crippen molar-refractivity contribution in [1.29, 1.82) is 0 Å². The van der Waals surface area contributed by atoms with Crippen LogP contribution in [0.25, 0.3) is 0 Å². The summed E-state index contributed by atoms with van der Waals surface area (Å²) in [5, 5.41) is 6.76. The number of anilines is 1. The molecule has 0 spiro atoms. The Morgan fingerprint density at radius 1 is 1.59 bits per heavy atom. The Hall–Kier alpha value is -1.59. The SMILES string of the molecule is CCNC(=O)C1CCN(c2noc(CC)n2)C1. The van der Waals surface area contributed by atoms with Gasteiger partial charge in [0.2, 0.25) is 11.8 Å². The summed E-state index contributed by atoms with van der Waals surface area (Å²) < 4.78 is 5.07. The van der Waals surface area contributed by atoms with Crippen LogP contribution in [0.15, 0.2) is 4.52 Å². The maximum Gasteiger partial charge on any atom is 0.266 e. The fourth-order valence-electron chi connectivity index (χ4n) is 1.99. The number of carbonyl (C=O) groups is 1. The highest BCUT2D eigenvalue weighted by atomic mass is 16.5. The zero-order chi connectivity index (χ0) is 12.3. The molecule has 0 saturated carbocycles. The molecule has 2 rings (SSSR count). The van der Waals surface area contributed by atoms with Gasteiger partial charge < -0.3 is 14.7 Å². The first-order chi connectivity index (χ1) is 8.24. The van der Waals surface area contributed by atoms with E-state index in [2.05, 4.69) is 15.5 Å². The molecular formula is C11H18N4O2. The second-order valence-electron chi connectivity index (χ2n) is 4.17. The van der Waals surface area contributed by atoms with Gasteiger partial charge in [-0.1, -0.05) is 6.92 Å². The van der Waals surface area contributed by atoms with Gasteiger partial charge in [0.1, 0.15) is 0 Å². The van der Waals surface area contributed by atoms with Gasteiger partial charge in [-0.25, -0.2) is 0 Å². The van der Waals surface area contributed by atoms with Crippen LogP contribution in [-0.4, -0.2) is 35.7 Å². The van der Waals surface area contributed by atoms with Gasteiger partial charge in [-0.15, -0.1) is 0 Å². The Balaban J connectivity index is 1.95. The van der Waals surface area contributed by atoms with Crippen LogP contribution in [0.2, 0.25) is 0 Å². The minimum absolute atomic E-state index is 0.0403. The minimum Gasteiger partial charge on any atom is -0.356 e. The van der Waals surface area contributed by atoms with Crippen LogP contribution in [0.4, 0.5) is 5.95 Å². The van der Waals surface area contributed by atoms with Crippen LogP contribution in [0, 0.1) is 5.92 Å². The Kier molecular flexibility index (Phi) is 3.61. The highest BCUT2D eigenvalue weighted by Crippen LogP contribution is 2.21. The lowest BCUT2D eigenvalue weighted by Crippen LogP contribution is -2.32. The number of hydrogen-bond donors (Lipinski definition) is 1. The van der Waals surface area contributed by atoms with Crippen molar-refractivity contribution in [3.63, 3.8) is 0 Å². The highest BCUT2D eigenvalue weighted by Gasteiger charge is 2.30. The molecule has 1 aliphatic heterocycles. The fourth-order valence-corrected chi connectivity index (χ4v) is 1.99. The van der Waals surface area contributed by atoms with E-state index in [0.29, 0.717) is 24.9 Å². The standard InChI is InChI=1S/C11H18N4O2/c1-3-9-13-11(14-17-9)15-6-5-8(7-15)10(16)12-4-2/h8H,3-7H2,1-2H3,(H,12,16). The van der Waals surface area contributed by atoms with Crippen LogP contribution in [0.5, 0.6) is 0 Å². The molecule has 2 heterocycles. The van der Waals surface area contributed by atoms with E-state index < -0.39 is 0 Å². The van der Waals surface area contributed by atoms with Crippen molar-refractivity contribution in [2.24, 2.45) is 5.92 Å². The number of hydrogen-bond acceptors (Lipinski definition) is 5. The lowest BCUT2D eigenvalue weighted by Gasteiger charge is -2.12. The van der Waals surface area contributed by atoms with Crippen molar-refractivity contribution < 1.29 is 9.32 Å². The maximum absolute atomic E-state index is 11.7. The number of aromatic nitrogens is 2. The first-order valence-corrected chi connectivity index (χ1v) is 6.09. The summed E-state index contributed by atoms with van der Waals surface area (Å²) >= 11 is 0. The normalized spacial score (nSPS) is 19.6. The van der Waals surface area contributed by atoms with Gasteiger partial charge >= 0.3 is 0 Å². The number of nitrogens with one attached hydrogen (secondary N) is 1. The van der Waals surface area contributed by atoms with Gasteiger partial charge in [-0.05, 0) is 18.5 Å². The molecular weight excluding hydrogens is 220 g/mol. The predicted molar refractivity (Wildman–Crippen MR) is 62.7 cm³/mol. The number of rotatable bonds is 4. The van der Waals surface area contributed by atoms with E-state index >= 15 is 0 Å². The third-order valence-electron chi connectivity index (χ3n) is 2.95. The van der Waals surface area contributed by atoms with E-state index in [1.165, 1.54) is 0 Å². The molecule has 94 valence electrons. The lowest BCUT2D eigenvalue weighted by atomic mass is 10.1. The molecule has 1 aliphatic rings. The van der Waals surface area contributed by atoms with Crippen molar-refractivity contribution in [2.45, 2.75) is 26.7 Å². The van der Waals surface area contributed by atoms with Crippen molar-refractivity contribution in [3.05, 3.63) is 5.89 Å². The molecule has 1 aromatic heterocycles. The summed E-state index contributed by atoms with van der Waals surface area (Å²) in [5.41, 5.74) is 0. The number of aryl methyl sites for hydroxylation is 1. The topological polar surface area (TPSA) is 71.3 Å². The molecule has 1 aromatic rings. The monoisotopic (exact) mass is 238 g/mol. The Bertz CT molecular complexity index is 391. The molecule has 6 heteroatoms. The molecule has 1 N–H and O–H groups in total. The second kappa shape index (κ2) is 5.16. The number of carbonyl (C=O) groups excluding carboxylic acids is 1. The van der Waals surface area contributed by atoms with E-state index in [1.54, 1.807) is 0 Å². The smallest absolute Gasteiger partial charge is 0.266 e. The summed E-state index contributed by atoms with van der Waals surface area (Å²) in [5.74, 6) is 1.41. The summed E-state index contributed by atoms with van der Waals surface area (Å²) in [4.78, 5) is 18.0. The van der Waals surface area contributed by atoms with Crippen LogP contribution in [0.3, 0.4) is 0 Å². The molecule has 1 unspecified atom stereocenters. The van der Waals surface area contributed by atoms with E-state index in [-0.39, 0.29) is 11.8 Å². The zero-order valence-corrected chi connectivity index (χ0v) is 10.3. The molecule has 17 heavy (non-hydrogen) atoms. The Labute approximate surface area is 100 Å². The quantitative estimate of drug-likeness (QED) is 0.831. The van der Waals surface area contributed by atoms with Crippen LogP contribution >= 0.6 is 0 Å². The molecule has 6 nitrogen and oxygen atoms in total. The van der Waals surface area contributed by atoms with Gasteiger partial charge in [0.05, 0.1) is 5.92 Å². The second-order valence-corrected chi connectivity index (χ2v) is 4.17. The van der Waals surface area contributed by atoms with Crippen molar-refractivity contribution in [3.8, 4) is 0 Å². The number of nitrogens with zero attached hydrogens (tertiary/aromatic N) is 3. The maximum atomic E-state index is 11.7. The van der Waals surface area contributed by atoms with Crippen molar-refractivity contribution >= 4 is 11.9 Å². The predicted octanol–water partition coefficient (Wildman–Crippen LogP) is 0.594. The first-order valence-electron chi connectivity index (χ1n) is 6.09. The summed E-state index contributed by atoms with van der Waals surface area (Å²) in [6.07, 6.45) is 1.59. The van der Waals surface area contributed by atoms with Crippen LogP contribution in [0.1, 0.15) is 26.2 Å². The molecule has 1 amide bonds. The van der Waals surface area contributed by atoms with Crippen molar-refractivity contribution in [2.75, 3.05) is 24.5 Å². The van der Waals surface area contributed by atoms with Gasteiger partial charge in [-0.2, -0.15) is 4.98 Å². The highest BCUT2D eigenvalue weighted by molar-refractivity contribution is 5.79. The summed E-state index contributed by atoms with van der Waals surface area (Å²) in [6, 6.07) is 0. The van der Waals surface area contributed by atoms with Gasteiger partial charge in [0, 0.05) is 26.1 Å². The Morgan fingerprint density at radius 2 is 2.41 bits per heavy atom. The van der Waals surface area contributed by atoms with E-state index in [9.17, 15) is 4.79 Å². The third-order valence-corrected chi connectivity index (χ3v) is 2.95. The fraction of sp³-hybridized carbons (Fsp3) is 0.727. The Morgan fingerprint density at radius 3 is 3.06 bits per heavy atom. The molecule has 0 aliphatic carbocycles. The van der Waals surface area contributed by atoms with E-state index in [4.69, 9.17) is 4.52 Å². The molecule has 1 fully saturated rings. The van der Waals surface area contributed by atoms with Crippen molar-refractivity contribution in [1.82, 2.24) is 15.5 Å². The van der Waals surface area contributed by atoms with Crippen LogP contribution in [-0.2, 0) is 11.2 Å². The third kappa shape index (κ3) is 2.57. The zero-order valence-electron chi connectivity index (χ0n) is 10.3.